The zero-order valence-electron chi connectivity index (χ0n) is 12.4. The van der Waals surface area contributed by atoms with Crippen LogP contribution in [0.2, 0.25) is 0 Å². The van der Waals surface area contributed by atoms with Crippen molar-refractivity contribution < 1.29 is 13.9 Å². The highest BCUT2D eigenvalue weighted by molar-refractivity contribution is 5.69. The maximum absolute atomic E-state index is 12.0. The smallest absolute Gasteiger partial charge is 0.411 e. The van der Waals surface area contributed by atoms with Gasteiger partial charge < -0.3 is 9.15 Å². The van der Waals surface area contributed by atoms with E-state index >= 15 is 0 Å². The van der Waals surface area contributed by atoms with Gasteiger partial charge in [-0.2, -0.15) is 0 Å². The second-order valence-corrected chi connectivity index (χ2v) is 6.09. The van der Waals surface area contributed by atoms with Crippen LogP contribution in [0.4, 0.5) is 4.79 Å². The van der Waals surface area contributed by atoms with Crippen LogP contribution in [0.25, 0.3) is 11.5 Å². The Bertz CT molecular complexity index is 632. The molecule has 0 atom stereocenters. The molecular formula is C16H18N2O3. The fraction of sp³-hybridized carbons (Fsp3) is 0.375. The minimum atomic E-state index is -0.497. The van der Waals surface area contributed by atoms with Gasteiger partial charge in [0.15, 0.2) is 0 Å². The number of aromatic nitrogens is 1. The normalized spacial score (nSPS) is 14.1. The number of fused-ring (bicyclic) bond motifs is 1. The van der Waals surface area contributed by atoms with Gasteiger partial charge in [-0.05, 0) is 32.9 Å². The monoisotopic (exact) mass is 286 g/mol. The molecule has 0 unspecified atom stereocenters. The summed E-state index contributed by atoms with van der Waals surface area (Å²) in [5.41, 5.74) is 1.25. The van der Waals surface area contributed by atoms with Crippen molar-refractivity contribution >= 4 is 6.09 Å². The van der Waals surface area contributed by atoms with Gasteiger partial charge in [0.05, 0.1) is 13.1 Å². The molecule has 5 nitrogen and oxygen atoms in total. The molecule has 0 aliphatic carbocycles. The number of amides is 1. The number of oxazole rings is 1. The maximum atomic E-state index is 12.0. The molecule has 2 aromatic rings. The summed E-state index contributed by atoms with van der Waals surface area (Å²) in [6.45, 7) is 6.39. The molecule has 3 rings (SSSR count). The van der Waals surface area contributed by atoms with E-state index in [1.807, 2.05) is 51.1 Å². The van der Waals surface area contributed by atoms with E-state index in [2.05, 4.69) is 4.98 Å². The first kappa shape index (κ1) is 13.7. The van der Waals surface area contributed by atoms with E-state index in [4.69, 9.17) is 9.15 Å². The lowest BCUT2D eigenvalue weighted by molar-refractivity contribution is 0.0232. The van der Waals surface area contributed by atoms with Crippen LogP contribution in [-0.2, 0) is 17.8 Å². The third kappa shape index (κ3) is 2.91. The first-order valence-electron chi connectivity index (χ1n) is 6.94. The van der Waals surface area contributed by atoms with Crippen molar-refractivity contribution in [1.29, 1.82) is 0 Å². The molecule has 0 radical (unpaired) electrons. The van der Waals surface area contributed by atoms with Gasteiger partial charge in [-0.25, -0.2) is 9.78 Å². The molecule has 2 heterocycles. The largest absolute Gasteiger partial charge is 0.444 e. The van der Waals surface area contributed by atoms with Crippen molar-refractivity contribution in [2.75, 3.05) is 0 Å². The lowest BCUT2D eigenvalue weighted by atomic mass is 10.2. The van der Waals surface area contributed by atoms with Crippen molar-refractivity contribution in [2.24, 2.45) is 0 Å². The van der Waals surface area contributed by atoms with Gasteiger partial charge in [0.1, 0.15) is 17.1 Å². The summed E-state index contributed by atoms with van der Waals surface area (Å²) in [5.74, 6) is 1.34. The van der Waals surface area contributed by atoms with Crippen molar-refractivity contribution in [2.45, 2.75) is 39.5 Å². The highest BCUT2D eigenvalue weighted by Gasteiger charge is 2.31. The Morgan fingerprint density at radius 2 is 1.95 bits per heavy atom. The van der Waals surface area contributed by atoms with Gasteiger partial charge in [-0.3, -0.25) is 4.90 Å². The lowest BCUT2D eigenvalue weighted by Crippen LogP contribution is -2.33. The summed E-state index contributed by atoms with van der Waals surface area (Å²) in [6, 6.07) is 9.74. The summed E-state index contributed by atoms with van der Waals surface area (Å²) in [5, 5.41) is 0. The van der Waals surface area contributed by atoms with Gasteiger partial charge in [-0.15, -0.1) is 0 Å². The highest BCUT2D eigenvalue weighted by atomic mass is 16.6. The number of hydrogen-bond acceptors (Lipinski definition) is 4. The van der Waals surface area contributed by atoms with Crippen LogP contribution in [0.15, 0.2) is 34.7 Å². The highest BCUT2D eigenvalue weighted by Crippen LogP contribution is 2.29. The summed E-state index contributed by atoms with van der Waals surface area (Å²) in [7, 11) is 0. The molecule has 0 N–H and O–H groups in total. The van der Waals surface area contributed by atoms with Crippen LogP contribution in [-0.4, -0.2) is 21.6 Å². The quantitative estimate of drug-likeness (QED) is 0.804. The van der Waals surface area contributed by atoms with E-state index in [0.29, 0.717) is 19.0 Å². The Balaban J connectivity index is 1.73. The van der Waals surface area contributed by atoms with Crippen molar-refractivity contribution in [1.82, 2.24) is 9.88 Å². The molecule has 1 aromatic heterocycles. The molecule has 1 amide bonds. The first-order valence-corrected chi connectivity index (χ1v) is 6.94. The summed E-state index contributed by atoms with van der Waals surface area (Å²) in [6.07, 6.45) is -0.336. The van der Waals surface area contributed by atoms with Crippen LogP contribution >= 0.6 is 0 Å². The van der Waals surface area contributed by atoms with Crippen molar-refractivity contribution in [3.05, 3.63) is 41.8 Å². The standard InChI is InChI=1S/C16H18N2O3/c1-16(2,3)21-15(19)18-9-12-13(10-18)20-14(17-12)11-7-5-4-6-8-11/h4-8H,9-10H2,1-3H3. The fourth-order valence-electron chi connectivity index (χ4n) is 2.20. The fourth-order valence-corrected chi connectivity index (χ4v) is 2.20. The van der Waals surface area contributed by atoms with Crippen LogP contribution in [0.1, 0.15) is 32.2 Å². The summed E-state index contributed by atoms with van der Waals surface area (Å²) in [4.78, 5) is 18.1. The number of benzene rings is 1. The maximum Gasteiger partial charge on any atom is 0.411 e. The van der Waals surface area contributed by atoms with Crippen molar-refractivity contribution in [3.63, 3.8) is 0 Å². The number of carbonyl (C=O) groups is 1. The van der Waals surface area contributed by atoms with Gasteiger partial charge in [0.25, 0.3) is 0 Å². The third-order valence-corrected chi connectivity index (χ3v) is 3.13. The van der Waals surface area contributed by atoms with Crippen LogP contribution in [0, 0.1) is 0 Å². The predicted molar refractivity (Wildman–Crippen MR) is 77.4 cm³/mol. The van der Waals surface area contributed by atoms with Crippen LogP contribution in [0.3, 0.4) is 0 Å². The Labute approximate surface area is 123 Å². The number of rotatable bonds is 1. The molecule has 110 valence electrons. The van der Waals surface area contributed by atoms with E-state index in [1.54, 1.807) is 4.90 Å². The lowest BCUT2D eigenvalue weighted by Gasteiger charge is -2.23. The summed E-state index contributed by atoms with van der Waals surface area (Å²) < 4.78 is 11.1. The number of carbonyl (C=O) groups excluding carboxylic acids is 1. The minimum Gasteiger partial charge on any atom is -0.444 e. The number of nitrogens with zero attached hydrogens (tertiary/aromatic N) is 2. The minimum absolute atomic E-state index is 0.336. The Morgan fingerprint density at radius 1 is 1.24 bits per heavy atom. The van der Waals surface area contributed by atoms with Gasteiger partial charge >= 0.3 is 6.09 Å². The zero-order chi connectivity index (χ0) is 15.0. The molecular weight excluding hydrogens is 268 g/mol. The second kappa shape index (κ2) is 4.91. The zero-order valence-corrected chi connectivity index (χ0v) is 12.4. The Morgan fingerprint density at radius 3 is 2.57 bits per heavy atom. The van der Waals surface area contributed by atoms with E-state index in [-0.39, 0.29) is 6.09 Å². The van der Waals surface area contributed by atoms with Gasteiger partial charge in [0, 0.05) is 5.56 Å². The molecule has 21 heavy (non-hydrogen) atoms. The van der Waals surface area contributed by atoms with E-state index in [0.717, 1.165) is 17.0 Å². The van der Waals surface area contributed by atoms with E-state index in [9.17, 15) is 4.79 Å². The molecule has 0 saturated carbocycles. The first-order chi connectivity index (χ1) is 9.92. The van der Waals surface area contributed by atoms with Crippen LogP contribution < -0.4 is 0 Å². The Hall–Kier alpha value is -2.30. The summed E-state index contributed by atoms with van der Waals surface area (Å²) >= 11 is 0. The van der Waals surface area contributed by atoms with Gasteiger partial charge in [0.2, 0.25) is 5.89 Å². The molecule has 1 aliphatic heterocycles. The second-order valence-electron chi connectivity index (χ2n) is 6.09. The van der Waals surface area contributed by atoms with Crippen LogP contribution in [0.5, 0.6) is 0 Å². The average molecular weight is 286 g/mol. The molecule has 5 heteroatoms. The van der Waals surface area contributed by atoms with Crippen molar-refractivity contribution in [3.8, 4) is 11.5 Å². The molecule has 0 bridgehead atoms. The third-order valence-electron chi connectivity index (χ3n) is 3.13. The molecule has 0 spiro atoms. The average Bonchev–Trinajstić information content (AvgIpc) is 2.95. The molecule has 0 fully saturated rings. The van der Waals surface area contributed by atoms with Gasteiger partial charge in [-0.1, -0.05) is 18.2 Å². The Kier molecular flexibility index (Phi) is 3.20. The SMILES string of the molecule is CC(C)(C)OC(=O)N1Cc2nc(-c3ccccc3)oc2C1. The molecule has 1 aliphatic rings. The number of ether oxygens (including phenoxy) is 1. The topological polar surface area (TPSA) is 55.6 Å². The van der Waals surface area contributed by atoms with E-state index in [1.165, 1.54) is 0 Å². The molecule has 0 saturated heterocycles. The molecule has 1 aromatic carbocycles. The van der Waals surface area contributed by atoms with E-state index < -0.39 is 5.60 Å². The predicted octanol–water partition coefficient (Wildman–Crippen LogP) is 3.59. The number of hydrogen-bond donors (Lipinski definition) is 0.